The predicted molar refractivity (Wildman–Crippen MR) is 101 cm³/mol. The third-order valence-electron chi connectivity index (χ3n) is 4.82. The molecule has 1 fully saturated rings. The number of pyridine rings is 1. The minimum atomic E-state index is -3.13. The van der Waals surface area contributed by atoms with E-state index in [-0.39, 0.29) is 34.8 Å². The largest absolute Gasteiger partial charge is 0.464 e. The molecule has 1 saturated heterocycles. The summed E-state index contributed by atoms with van der Waals surface area (Å²) in [6.45, 7) is 6.82. The van der Waals surface area contributed by atoms with Gasteiger partial charge in [0, 0.05) is 19.1 Å². The van der Waals surface area contributed by atoms with Gasteiger partial charge in [0.15, 0.2) is 9.84 Å². The second-order valence-corrected chi connectivity index (χ2v) is 8.71. The summed E-state index contributed by atoms with van der Waals surface area (Å²) in [5.74, 6) is -0.937. The molecule has 27 heavy (non-hydrogen) atoms. The lowest BCUT2D eigenvalue weighted by Crippen LogP contribution is -2.45. The SMILES string of the molecule is CCN(CC)CCN(C(=O)c1cccc(C(=O)OC)n1)[C@@H]1CCS(=O)(=O)C1. The second-order valence-electron chi connectivity index (χ2n) is 6.48. The van der Waals surface area contributed by atoms with Gasteiger partial charge in [-0.1, -0.05) is 19.9 Å². The monoisotopic (exact) mass is 397 g/mol. The fraction of sp³-hybridized carbons (Fsp3) is 0.611. The first-order chi connectivity index (χ1) is 12.8. The van der Waals surface area contributed by atoms with Crippen LogP contribution in [0.3, 0.4) is 0 Å². The molecule has 0 aromatic carbocycles. The summed E-state index contributed by atoms with van der Waals surface area (Å²) in [6.07, 6.45) is 0.420. The summed E-state index contributed by atoms with van der Waals surface area (Å²) >= 11 is 0. The van der Waals surface area contributed by atoms with E-state index in [1.807, 2.05) is 13.8 Å². The molecule has 0 aliphatic carbocycles. The zero-order valence-corrected chi connectivity index (χ0v) is 16.9. The highest BCUT2D eigenvalue weighted by atomic mass is 32.2. The number of aromatic nitrogens is 1. The van der Waals surface area contributed by atoms with Crippen molar-refractivity contribution in [2.75, 3.05) is 44.8 Å². The summed E-state index contributed by atoms with van der Waals surface area (Å²) < 4.78 is 28.5. The molecule has 1 amide bonds. The van der Waals surface area contributed by atoms with Crippen LogP contribution in [0.1, 0.15) is 41.2 Å². The summed E-state index contributed by atoms with van der Waals surface area (Å²) in [4.78, 5) is 32.7. The molecule has 1 aliphatic rings. The van der Waals surface area contributed by atoms with Crippen molar-refractivity contribution in [1.29, 1.82) is 0 Å². The number of amides is 1. The lowest BCUT2D eigenvalue weighted by molar-refractivity contribution is 0.0593. The van der Waals surface area contributed by atoms with Crippen LogP contribution in [0.4, 0.5) is 0 Å². The number of ether oxygens (including phenoxy) is 1. The average molecular weight is 397 g/mol. The highest BCUT2D eigenvalue weighted by Crippen LogP contribution is 2.20. The highest BCUT2D eigenvalue weighted by Gasteiger charge is 2.35. The maximum absolute atomic E-state index is 13.1. The minimum absolute atomic E-state index is 0.0340. The molecule has 1 aromatic heterocycles. The number of nitrogens with zero attached hydrogens (tertiary/aromatic N) is 3. The van der Waals surface area contributed by atoms with Crippen LogP contribution in [0, 0.1) is 0 Å². The van der Waals surface area contributed by atoms with Crippen molar-refractivity contribution in [3.05, 3.63) is 29.6 Å². The Bertz CT molecular complexity index is 777. The second kappa shape index (κ2) is 9.27. The van der Waals surface area contributed by atoms with Crippen LogP contribution in [-0.2, 0) is 14.6 Å². The van der Waals surface area contributed by atoms with Gasteiger partial charge in [-0.05, 0) is 31.6 Å². The molecule has 1 atom stereocenters. The van der Waals surface area contributed by atoms with Gasteiger partial charge in [-0.25, -0.2) is 18.2 Å². The van der Waals surface area contributed by atoms with E-state index in [0.29, 0.717) is 19.5 Å². The molecule has 0 bridgehead atoms. The van der Waals surface area contributed by atoms with Gasteiger partial charge in [0.05, 0.1) is 18.6 Å². The number of carbonyl (C=O) groups is 2. The van der Waals surface area contributed by atoms with E-state index >= 15 is 0 Å². The molecule has 2 rings (SSSR count). The van der Waals surface area contributed by atoms with Crippen LogP contribution >= 0.6 is 0 Å². The number of hydrogen-bond acceptors (Lipinski definition) is 7. The molecule has 0 unspecified atom stereocenters. The first-order valence-electron chi connectivity index (χ1n) is 9.10. The van der Waals surface area contributed by atoms with Gasteiger partial charge in [0.1, 0.15) is 11.4 Å². The van der Waals surface area contributed by atoms with Crippen LogP contribution in [0.25, 0.3) is 0 Å². The predicted octanol–water partition coefficient (Wildman–Crippen LogP) is 0.839. The third-order valence-corrected chi connectivity index (χ3v) is 6.57. The van der Waals surface area contributed by atoms with Gasteiger partial charge in [-0.15, -0.1) is 0 Å². The first kappa shape index (κ1) is 21.3. The number of rotatable bonds is 8. The Morgan fingerprint density at radius 3 is 2.41 bits per heavy atom. The van der Waals surface area contributed by atoms with Crippen LogP contribution in [0.2, 0.25) is 0 Å². The standard InChI is InChI=1S/C18H27N3O5S/c1-4-20(5-2)10-11-21(14-9-12-27(24,25)13-14)17(22)15-7-6-8-16(19-15)18(23)26-3/h6-8,14H,4-5,9-13H2,1-3H3/t14-/m1/s1. The fourth-order valence-corrected chi connectivity index (χ4v) is 4.91. The topological polar surface area (TPSA) is 96.9 Å². The van der Waals surface area contributed by atoms with Crippen molar-refractivity contribution >= 4 is 21.7 Å². The van der Waals surface area contributed by atoms with Crippen molar-refractivity contribution in [1.82, 2.24) is 14.8 Å². The van der Waals surface area contributed by atoms with Crippen molar-refractivity contribution in [2.24, 2.45) is 0 Å². The van der Waals surface area contributed by atoms with Crippen molar-refractivity contribution in [2.45, 2.75) is 26.3 Å². The maximum atomic E-state index is 13.1. The highest BCUT2D eigenvalue weighted by molar-refractivity contribution is 7.91. The van der Waals surface area contributed by atoms with E-state index in [9.17, 15) is 18.0 Å². The fourth-order valence-electron chi connectivity index (χ4n) is 3.18. The minimum Gasteiger partial charge on any atom is -0.464 e. The zero-order chi connectivity index (χ0) is 20.0. The Labute approximate surface area is 160 Å². The van der Waals surface area contributed by atoms with Gasteiger partial charge >= 0.3 is 5.97 Å². The lowest BCUT2D eigenvalue weighted by Gasteiger charge is -2.30. The van der Waals surface area contributed by atoms with E-state index < -0.39 is 15.8 Å². The molecule has 0 spiro atoms. The smallest absolute Gasteiger partial charge is 0.356 e. The Hall–Kier alpha value is -2.00. The molecule has 2 heterocycles. The van der Waals surface area contributed by atoms with Crippen LogP contribution in [0.15, 0.2) is 18.2 Å². The molecule has 150 valence electrons. The molecule has 8 nitrogen and oxygen atoms in total. The molecule has 1 aliphatic heterocycles. The Morgan fingerprint density at radius 1 is 1.19 bits per heavy atom. The summed E-state index contributed by atoms with van der Waals surface area (Å²) in [7, 11) is -1.89. The third kappa shape index (κ3) is 5.49. The summed E-state index contributed by atoms with van der Waals surface area (Å²) in [5, 5.41) is 0. The van der Waals surface area contributed by atoms with E-state index in [1.54, 1.807) is 11.0 Å². The maximum Gasteiger partial charge on any atom is 0.356 e. The molecular weight excluding hydrogens is 370 g/mol. The van der Waals surface area contributed by atoms with Crippen molar-refractivity contribution in [3.8, 4) is 0 Å². The molecular formula is C18H27N3O5S. The molecule has 9 heteroatoms. The quantitative estimate of drug-likeness (QED) is 0.600. The summed E-state index contributed by atoms with van der Waals surface area (Å²) in [5.41, 5.74) is 0.160. The normalized spacial score (nSPS) is 18.4. The van der Waals surface area contributed by atoms with Crippen LogP contribution in [-0.4, -0.2) is 85.9 Å². The van der Waals surface area contributed by atoms with Crippen LogP contribution < -0.4 is 0 Å². The Balaban J connectivity index is 2.26. The van der Waals surface area contributed by atoms with Gasteiger partial charge in [0.2, 0.25) is 0 Å². The zero-order valence-electron chi connectivity index (χ0n) is 16.1. The van der Waals surface area contributed by atoms with E-state index in [0.717, 1.165) is 13.1 Å². The molecule has 0 saturated carbocycles. The van der Waals surface area contributed by atoms with Gasteiger partial charge in [-0.3, -0.25) is 4.79 Å². The average Bonchev–Trinajstić information content (AvgIpc) is 3.03. The van der Waals surface area contributed by atoms with E-state index in [4.69, 9.17) is 0 Å². The van der Waals surface area contributed by atoms with E-state index in [2.05, 4.69) is 14.6 Å². The number of hydrogen-bond donors (Lipinski definition) is 0. The number of carbonyl (C=O) groups excluding carboxylic acids is 2. The number of esters is 1. The van der Waals surface area contributed by atoms with Gasteiger partial charge in [-0.2, -0.15) is 0 Å². The Morgan fingerprint density at radius 2 is 1.85 bits per heavy atom. The molecule has 0 N–H and O–H groups in total. The lowest BCUT2D eigenvalue weighted by atomic mass is 10.2. The number of likely N-dealkylation sites (N-methyl/N-ethyl adjacent to an activating group) is 1. The number of sulfone groups is 1. The van der Waals surface area contributed by atoms with Crippen LogP contribution in [0.5, 0.6) is 0 Å². The first-order valence-corrected chi connectivity index (χ1v) is 10.9. The van der Waals surface area contributed by atoms with E-state index in [1.165, 1.54) is 19.2 Å². The van der Waals surface area contributed by atoms with Crippen molar-refractivity contribution < 1.29 is 22.7 Å². The molecule has 0 radical (unpaired) electrons. The number of methoxy groups -OCH3 is 1. The summed E-state index contributed by atoms with van der Waals surface area (Å²) in [6, 6.07) is 4.20. The Kier molecular flexibility index (Phi) is 7.32. The van der Waals surface area contributed by atoms with Gasteiger partial charge < -0.3 is 14.5 Å². The van der Waals surface area contributed by atoms with Crippen molar-refractivity contribution in [3.63, 3.8) is 0 Å². The van der Waals surface area contributed by atoms with Gasteiger partial charge in [0.25, 0.3) is 5.91 Å². The molecule has 1 aromatic rings.